The average Bonchev–Trinajstić information content (AvgIpc) is 2.96. The molecule has 1 aromatic carbocycles. The Morgan fingerprint density at radius 2 is 2.20 bits per heavy atom. The van der Waals surface area contributed by atoms with Crippen LogP contribution < -0.4 is 10.5 Å². The zero-order chi connectivity index (χ0) is 14.5. The number of rotatable bonds is 5. The van der Waals surface area contributed by atoms with E-state index in [9.17, 15) is 4.79 Å². The van der Waals surface area contributed by atoms with E-state index in [1.807, 2.05) is 24.4 Å². The number of nitrogens with two attached hydrogens (primary N) is 1. The van der Waals surface area contributed by atoms with Crippen LogP contribution >= 0.6 is 11.3 Å². The van der Waals surface area contributed by atoms with Crippen LogP contribution in [0.3, 0.4) is 0 Å². The number of methoxy groups -OCH3 is 1. The maximum absolute atomic E-state index is 12.6. The quantitative estimate of drug-likeness (QED) is 0.861. The molecule has 1 amide bonds. The molecule has 0 aliphatic carbocycles. The number of nitrogen functional groups attached to an aromatic ring is 1. The highest BCUT2D eigenvalue weighted by atomic mass is 32.1. The Morgan fingerprint density at radius 1 is 1.40 bits per heavy atom. The fourth-order valence-corrected chi connectivity index (χ4v) is 2.69. The van der Waals surface area contributed by atoms with Crippen molar-refractivity contribution >= 4 is 22.9 Å². The van der Waals surface area contributed by atoms with Crippen molar-refractivity contribution in [3.63, 3.8) is 0 Å². The topological polar surface area (TPSA) is 55.6 Å². The molecule has 1 heterocycles. The van der Waals surface area contributed by atoms with Crippen LogP contribution in [0.2, 0.25) is 0 Å². The second kappa shape index (κ2) is 6.43. The third-order valence-electron chi connectivity index (χ3n) is 3.05. The van der Waals surface area contributed by atoms with Gasteiger partial charge in [0.1, 0.15) is 5.75 Å². The van der Waals surface area contributed by atoms with Gasteiger partial charge in [-0.3, -0.25) is 4.79 Å². The summed E-state index contributed by atoms with van der Waals surface area (Å²) < 4.78 is 5.25. The van der Waals surface area contributed by atoms with E-state index in [4.69, 9.17) is 10.5 Å². The molecule has 0 bridgehead atoms. The molecule has 0 spiro atoms. The molecular weight excluding hydrogens is 272 g/mol. The summed E-state index contributed by atoms with van der Waals surface area (Å²) in [5, 5.41) is 2.01. The normalized spacial score (nSPS) is 10.3. The molecule has 0 aliphatic heterocycles. The molecule has 0 atom stereocenters. The number of thiophene rings is 1. The SMILES string of the molecule is CCN(Cc1cccs1)C(=O)c1ccc(N)cc1OC. The second-order valence-corrected chi connectivity index (χ2v) is 5.39. The largest absolute Gasteiger partial charge is 0.496 e. The zero-order valence-electron chi connectivity index (χ0n) is 11.6. The summed E-state index contributed by atoms with van der Waals surface area (Å²) in [7, 11) is 1.54. The second-order valence-electron chi connectivity index (χ2n) is 4.36. The molecule has 0 aliphatic rings. The number of carbonyl (C=O) groups is 1. The highest BCUT2D eigenvalue weighted by Gasteiger charge is 2.19. The summed E-state index contributed by atoms with van der Waals surface area (Å²) in [6.07, 6.45) is 0. The molecular formula is C15H18N2O2S. The molecule has 2 N–H and O–H groups in total. The maximum Gasteiger partial charge on any atom is 0.257 e. The number of benzene rings is 1. The molecule has 20 heavy (non-hydrogen) atoms. The predicted octanol–water partition coefficient (Wildman–Crippen LogP) is 3.00. The van der Waals surface area contributed by atoms with Gasteiger partial charge in [-0.1, -0.05) is 6.07 Å². The van der Waals surface area contributed by atoms with E-state index in [-0.39, 0.29) is 5.91 Å². The highest BCUT2D eigenvalue weighted by molar-refractivity contribution is 7.09. The van der Waals surface area contributed by atoms with Gasteiger partial charge in [-0.05, 0) is 30.5 Å². The van der Waals surface area contributed by atoms with Crippen molar-refractivity contribution in [1.29, 1.82) is 0 Å². The number of hydrogen-bond acceptors (Lipinski definition) is 4. The van der Waals surface area contributed by atoms with Crippen LogP contribution in [0.25, 0.3) is 0 Å². The Hall–Kier alpha value is -2.01. The van der Waals surface area contributed by atoms with Gasteiger partial charge in [0.2, 0.25) is 0 Å². The zero-order valence-corrected chi connectivity index (χ0v) is 12.4. The van der Waals surface area contributed by atoms with E-state index >= 15 is 0 Å². The minimum Gasteiger partial charge on any atom is -0.496 e. The lowest BCUT2D eigenvalue weighted by molar-refractivity contribution is 0.0751. The van der Waals surface area contributed by atoms with Crippen molar-refractivity contribution in [2.45, 2.75) is 13.5 Å². The fourth-order valence-electron chi connectivity index (χ4n) is 1.97. The van der Waals surface area contributed by atoms with E-state index in [1.165, 1.54) is 0 Å². The minimum atomic E-state index is -0.0437. The number of anilines is 1. The molecule has 0 saturated carbocycles. The van der Waals surface area contributed by atoms with Crippen molar-refractivity contribution in [1.82, 2.24) is 4.90 Å². The van der Waals surface area contributed by atoms with Crippen LogP contribution in [0.4, 0.5) is 5.69 Å². The Morgan fingerprint density at radius 3 is 2.80 bits per heavy atom. The summed E-state index contributed by atoms with van der Waals surface area (Å²) in [6.45, 7) is 3.22. The van der Waals surface area contributed by atoms with Gasteiger partial charge in [-0.25, -0.2) is 0 Å². The Bertz CT molecular complexity index is 582. The number of hydrogen-bond donors (Lipinski definition) is 1. The molecule has 5 heteroatoms. The summed E-state index contributed by atoms with van der Waals surface area (Å²) in [4.78, 5) is 15.6. The van der Waals surface area contributed by atoms with E-state index in [2.05, 4.69) is 0 Å². The van der Waals surface area contributed by atoms with Crippen LogP contribution in [-0.4, -0.2) is 24.5 Å². The number of carbonyl (C=O) groups excluding carboxylic acids is 1. The van der Waals surface area contributed by atoms with Gasteiger partial charge in [-0.2, -0.15) is 0 Å². The summed E-state index contributed by atoms with van der Waals surface area (Å²) >= 11 is 1.65. The van der Waals surface area contributed by atoms with E-state index in [0.717, 1.165) is 4.88 Å². The highest BCUT2D eigenvalue weighted by Crippen LogP contribution is 2.24. The van der Waals surface area contributed by atoms with Crippen LogP contribution in [0.1, 0.15) is 22.2 Å². The Balaban J connectivity index is 2.24. The van der Waals surface area contributed by atoms with Gasteiger partial charge < -0.3 is 15.4 Å². The average molecular weight is 290 g/mol. The number of ether oxygens (including phenoxy) is 1. The van der Waals surface area contributed by atoms with Gasteiger partial charge in [-0.15, -0.1) is 11.3 Å². The molecule has 106 valence electrons. The smallest absolute Gasteiger partial charge is 0.257 e. The van der Waals surface area contributed by atoms with Crippen molar-refractivity contribution in [3.05, 3.63) is 46.2 Å². The van der Waals surface area contributed by atoms with Gasteiger partial charge >= 0.3 is 0 Å². The lowest BCUT2D eigenvalue weighted by atomic mass is 10.1. The first-order valence-corrected chi connectivity index (χ1v) is 7.28. The maximum atomic E-state index is 12.6. The Kier molecular flexibility index (Phi) is 4.63. The molecule has 2 rings (SSSR count). The molecule has 2 aromatic rings. The molecule has 4 nitrogen and oxygen atoms in total. The molecule has 1 aromatic heterocycles. The Labute approximate surface area is 122 Å². The number of amides is 1. The lowest BCUT2D eigenvalue weighted by Gasteiger charge is -2.21. The van der Waals surface area contributed by atoms with Crippen molar-refractivity contribution in [2.75, 3.05) is 19.4 Å². The van der Waals surface area contributed by atoms with Crippen molar-refractivity contribution < 1.29 is 9.53 Å². The predicted molar refractivity (Wildman–Crippen MR) is 82.1 cm³/mol. The molecule has 0 saturated heterocycles. The summed E-state index contributed by atoms with van der Waals surface area (Å²) in [6, 6.07) is 9.12. The van der Waals surface area contributed by atoms with E-state index < -0.39 is 0 Å². The standard InChI is InChI=1S/C15H18N2O2S/c1-3-17(10-12-5-4-8-20-12)15(18)13-7-6-11(16)9-14(13)19-2/h4-9H,3,10,16H2,1-2H3. The lowest BCUT2D eigenvalue weighted by Crippen LogP contribution is -2.30. The van der Waals surface area contributed by atoms with Crippen LogP contribution in [0.15, 0.2) is 35.7 Å². The third-order valence-corrected chi connectivity index (χ3v) is 3.91. The van der Waals surface area contributed by atoms with Gasteiger partial charge in [0.15, 0.2) is 0 Å². The number of nitrogens with zero attached hydrogens (tertiary/aromatic N) is 1. The molecule has 0 unspecified atom stereocenters. The third kappa shape index (κ3) is 3.11. The summed E-state index contributed by atoms with van der Waals surface area (Å²) in [5.41, 5.74) is 6.84. The van der Waals surface area contributed by atoms with E-state index in [0.29, 0.717) is 30.1 Å². The van der Waals surface area contributed by atoms with Crippen molar-refractivity contribution in [2.24, 2.45) is 0 Å². The molecule has 0 fully saturated rings. The van der Waals surface area contributed by atoms with Gasteiger partial charge in [0.05, 0.1) is 19.2 Å². The van der Waals surface area contributed by atoms with Crippen LogP contribution in [0, 0.1) is 0 Å². The van der Waals surface area contributed by atoms with Crippen molar-refractivity contribution in [3.8, 4) is 5.75 Å². The fraction of sp³-hybridized carbons (Fsp3) is 0.267. The first kappa shape index (κ1) is 14.4. The first-order chi connectivity index (χ1) is 9.65. The van der Waals surface area contributed by atoms with Crippen LogP contribution in [0.5, 0.6) is 5.75 Å². The summed E-state index contributed by atoms with van der Waals surface area (Å²) in [5.74, 6) is 0.470. The first-order valence-electron chi connectivity index (χ1n) is 6.41. The van der Waals surface area contributed by atoms with Gasteiger partial charge in [0, 0.05) is 23.2 Å². The van der Waals surface area contributed by atoms with Crippen LogP contribution in [-0.2, 0) is 6.54 Å². The minimum absolute atomic E-state index is 0.0437. The monoisotopic (exact) mass is 290 g/mol. The van der Waals surface area contributed by atoms with E-state index in [1.54, 1.807) is 41.5 Å². The van der Waals surface area contributed by atoms with Gasteiger partial charge in [0.25, 0.3) is 5.91 Å². The molecule has 0 radical (unpaired) electrons.